The summed E-state index contributed by atoms with van der Waals surface area (Å²) >= 11 is 0. The summed E-state index contributed by atoms with van der Waals surface area (Å²) in [7, 11) is 0. The lowest BCUT2D eigenvalue weighted by atomic mass is 10.1. The van der Waals surface area contributed by atoms with Crippen molar-refractivity contribution in [2.75, 3.05) is 6.54 Å². The van der Waals surface area contributed by atoms with Crippen molar-refractivity contribution in [3.05, 3.63) is 77.4 Å². The van der Waals surface area contributed by atoms with E-state index < -0.39 is 0 Å². The first-order valence-corrected chi connectivity index (χ1v) is 8.90. The summed E-state index contributed by atoms with van der Waals surface area (Å²) < 4.78 is 19.4. The highest BCUT2D eigenvalue weighted by Crippen LogP contribution is 2.17. The smallest absolute Gasteiger partial charge is 0.226 e. The molecule has 2 N–H and O–H groups in total. The van der Waals surface area contributed by atoms with Gasteiger partial charge in [-0.05, 0) is 37.3 Å². The van der Waals surface area contributed by atoms with Gasteiger partial charge in [0.2, 0.25) is 5.89 Å². The lowest BCUT2D eigenvalue weighted by Crippen LogP contribution is -2.36. The van der Waals surface area contributed by atoms with Crippen molar-refractivity contribution < 1.29 is 8.81 Å². The number of hydrogen-bond donors (Lipinski definition) is 2. The van der Waals surface area contributed by atoms with Gasteiger partial charge in [0, 0.05) is 17.7 Å². The standard InChI is InChI=1S/C21H20FN5O.HI/c1-2-24-21(25-12-17-10-15(11-23)8-9-19(17)22)26-13-18-14-28-20(27-18)16-6-4-3-5-7-16;/h3-10,14H,2,12-13H2,1H3,(H2,24,25,26);1H. The van der Waals surface area contributed by atoms with Gasteiger partial charge in [-0.15, -0.1) is 24.0 Å². The van der Waals surface area contributed by atoms with E-state index in [1.165, 1.54) is 18.2 Å². The van der Waals surface area contributed by atoms with E-state index in [1.54, 1.807) is 6.26 Å². The highest BCUT2D eigenvalue weighted by molar-refractivity contribution is 14.0. The average molecular weight is 505 g/mol. The Hall–Kier alpha value is -2.93. The molecule has 0 saturated heterocycles. The topological polar surface area (TPSA) is 86.2 Å². The quantitative estimate of drug-likeness (QED) is 0.298. The molecule has 29 heavy (non-hydrogen) atoms. The van der Waals surface area contributed by atoms with Gasteiger partial charge in [0.1, 0.15) is 12.1 Å². The first kappa shape index (κ1) is 22.4. The maximum Gasteiger partial charge on any atom is 0.226 e. The van der Waals surface area contributed by atoms with Crippen LogP contribution in [0.5, 0.6) is 0 Å². The molecule has 0 radical (unpaired) electrons. The normalized spacial score (nSPS) is 10.7. The Bertz CT molecular complexity index is 998. The molecule has 0 aliphatic heterocycles. The van der Waals surface area contributed by atoms with Crippen LogP contribution in [0, 0.1) is 17.1 Å². The minimum Gasteiger partial charge on any atom is -0.444 e. The van der Waals surface area contributed by atoms with Gasteiger partial charge in [0.05, 0.1) is 30.4 Å². The highest BCUT2D eigenvalue weighted by atomic mass is 127. The minimum atomic E-state index is -0.386. The van der Waals surface area contributed by atoms with Crippen LogP contribution in [-0.2, 0) is 13.1 Å². The van der Waals surface area contributed by atoms with Crippen molar-refractivity contribution in [3.8, 4) is 17.5 Å². The molecule has 0 bridgehead atoms. The summed E-state index contributed by atoms with van der Waals surface area (Å²) in [6.45, 7) is 3.12. The molecule has 6 nitrogen and oxygen atoms in total. The predicted octanol–water partition coefficient (Wildman–Crippen LogP) is 4.23. The maximum atomic E-state index is 13.9. The van der Waals surface area contributed by atoms with Crippen LogP contribution in [0.15, 0.2) is 64.2 Å². The number of aromatic nitrogens is 1. The fraction of sp³-hybridized carbons (Fsp3) is 0.190. The van der Waals surface area contributed by atoms with Crippen molar-refractivity contribution in [3.63, 3.8) is 0 Å². The minimum absolute atomic E-state index is 0. The molecule has 3 rings (SSSR count). The van der Waals surface area contributed by atoms with Crippen LogP contribution in [0.4, 0.5) is 4.39 Å². The molecule has 2 aromatic carbocycles. The largest absolute Gasteiger partial charge is 0.444 e. The number of nitrogens with zero attached hydrogens (tertiary/aromatic N) is 3. The second-order valence-electron chi connectivity index (χ2n) is 5.98. The second kappa shape index (κ2) is 11.2. The van der Waals surface area contributed by atoms with Gasteiger partial charge in [0.25, 0.3) is 0 Å². The lowest BCUT2D eigenvalue weighted by Gasteiger charge is -2.10. The summed E-state index contributed by atoms with van der Waals surface area (Å²) in [4.78, 5) is 8.85. The van der Waals surface area contributed by atoms with Crippen LogP contribution in [0.25, 0.3) is 11.5 Å². The fourth-order valence-corrected chi connectivity index (χ4v) is 2.55. The molecule has 8 heteroatoms. The first-order valence-electron chi connectivity index (χ1n) is 8.90. The van der Waals surface area contributed by atoms with Gasteiger partial charge in [-0.3, -0.25) is 0 Å². The summed E-state index contributed by atoms with van der Waals surface area (Å²) in [5.41, 5.74) is 2.40. The van der Waals surface area contributed by atoms with E-state index in [2.05, 4.69) is 20.6 Å². The molecule has 1 aromatic heterocycles. The molecule has 0 fully saturated rings. The van der Waals surface area contributed by atoms with E-state index >= 15 is 0 Å². The van der Waals surface area contributed by atoms with Crippen molar-refractivity contribution in [2.45, 2.75) is 20.0 Å². The van der Waals surface area contributed by atoms with Crippen LogP contribution in [0.1, 0.15) is 23.7 Å². The van der Waals surface area contributed by atoms with Gasteiger partial charge < -0.3 is 15.1 Å². The Balaban J connectivity index is 0.00000300. The number of guanidine groups is 1. The van der Waals surface area contributed by atoms with E-state index in [1.807, 2.05) is 43.3 Å². The molecule has 150 valence electrons. The van der Waals surface area contributed by atoms with E-state index in [-0.39, 0.29) is 36.3 Å². The van der Waals surface area contributed by atoms with Crippen LogP contribution < -0.4 is 10.6 Å². The van der Waals surface area contributed by atoms with Gasteiger partial charge in [-0.2, -0.15) is 5.26 Å². The predicted molar refractivity (Wildman–Crippen MR) is 120 cm³/mol. The zero-order valence-electron chi connectivity index (χ0n) is 15.9. The number of hydrogen-bond acceptors (Lipinski definition) is 4. The monoisotopic (exact) mass is 505 g/mol. The Labute approximate surface area is 185 Å². The third kappa shape index (κ3) is 6.29. The molecule has 0 atom stereocenters. The highest BCUT2D eigenvalue weighted by Gasteiger charge is 2.08. The SMILES string of the molecule is CCNC(=NCc1cc(C#N)ccc1F)NCc1coc(-c2ccccc2)n1.I. The van der Waals surface area contributed by atoms with Gasteiger partial charge in [0.15, 0.2) is 5.96 Å². The van der Waals surface area contributed by atoms with E-state index in [9.17, 15) is 4.39 Å². The van der Waals surface area contributed by atoms with Crippen molar-refractivity contribution in [1.29, 1.82) is 5.26 Å². The van der Waals surface area contributed by atoms with Gasteiger partial charge >= 0.3 is 0 Å². The number of nitriles is 1. The maximum absolute atomic E-state index is 13.9. The molecule has 3 aromatic rings. The van der Waals surface area contributed by atoms with E-state index in [0.717, 1.165) is 11.3 Å². The molecular weight excluding hydrogens is 484 g/mol. The fourth-order valence-electron chi connectivity index (χ4n) is 2.55. The number of benzene rings is 2. The molecule has 0 amide bonds. The molecule has 0 aliphatic carbocycles. The van der Waals surface area contributed by atoms with Crippen LogP contribution >= 0.6 is 24.0 Å². The average Bonchev–Trinajstić information content (AvgIpc) is 3.21. The van der Waals surface area contributed by atoms with Crippen molar-refractivity contribution in [2.24, 2.45) is 4.99 Å². The third-order valence-corrected chi connectivity index (χ3v) is 3.94. The Kier molecular flexibility index (Phi) is 8.61. The molecular formula is C21H21FIN5O. The summed E-state index contributed by atoms with van der Waals surface area (Å²) in [6, 6.07) is 15.9. The lowest BCUT2D eigenvalue weighted by molar-refractivity contribution is 0.572. The Morgan fingerprint density at radius 2 is 2.00 bits per heavy atom. The summed E-state index contributed by atoms with van der Waals surface area (Å²) in [5, 5.41) is 15.2. The van der Waals surface area contributed by atoms with Crippen LogP contribution in [0.2, 0.25) is 0 Å². The van der Waals surface area contributed by atoms with Crippen LogP contribution in [0.3, 0.4) is 0 Å². The number of nitrogens with one attached hydrogen (secondary N) is 2. The van der Waals surface area contributed by atoms with E-state index in [0.29, 0.717) is 36.1 Å². The van der Waals surface area contributed by atoms with Gasteiger partial charge in [-0.25, -0.2) is 14.4 Å². The Morgan fingerprint density at radius 1 is 1.21 bits per heavy atom. The molecule has 0 unspecified atom stereocenters. The van der Waals surface area contributed by atoms with E-state index in [4.69, 9.17) is 9.68 Å². The zero-order chi connectivity index (χ0) is 19.8. The van der Waals surface area contributed by atoms with Crippen molar-refractivity contribution in [1.82, 2.24) is 15.6 Å². The molecule has 1 heterocycles. The first-order chi connectivity index (χ1) is 13.7. The molecule has 0 saturated carbocycles. The number of halogens is 2. The number of oxazole rings is 1. The molecule has 0 spiro atoms. The van der Waals surface area contributed by atoms with Crippen LogP contribution in [-0.4, -0.2) is 17.5 Å². The number of rotatable bonds is 6. The third-order valence-electron chi connectivity index (χ3n) is 3.94. The Morgan fingerprint density at radius 3 is 2.72 bits per heavy atom. The zero-order valence-corrected chi connectivity index (χ0v) is 18.2. The second-order valence-corrected chi connectivity index (χ2v) is 5.98. The van der Waals surface area contributed by atoms with Crippen molar-refractivity contribution >= 4 is 29.9 Å². The van der Waals surface area contributed by atoms with Gasteiger partial charge in [-0.1, -0.05) is 18.2 Å². The molecule has 0 aliphatic rings. The number of aliphatic imine (C=N–C) groups is 1. The summed E-state index contributed by atoms with van der Waals surface area (Å²) in [5.74, 6) is 0.686. The summed E-state index contributed by atoms with van der Waals surface area (Å²) in [6.07, 6.45) is 1.59.